The van der Waals surface area contributed by atoms with Crippen LogP contribution in [-0.4, -0.2) is 16.2 Å². The van der Waals surface area contributed by atoms with E-state index in [0.717, 1.165) is 22.3 Å². The topological polar surface area (TPSA) is 57.5 Å². The van der Waals surface area contributed by atoms with Crippen LogP contribution in [0.5, 0.6) is 5.75 Å². The normalized spacial score (nSPS) is 9.00. The monoisotopic (exact) mass is 302 g/mol. The summed E-state index contributed by atoms with van der Waals surface area (Å²) in [4.78, 5) is 10.8. The maximum Gasteiger partial charge on any atom is 0.335 e. The van der Waals surface area contributed by atoms with Crippen LogP contribution >= 0.6 is 0 Å². The van der Waals surface area contributed by atoms with Gasteiger partial charge in [-0.3, -0.25) is 0 Å². The van der Waals surface area contributed by atoms with E-state index in [4.69, 9.17) is 5.11 Å². The molecule has 0 heterocycles. The second-order valence-corrected chi connectivity index (χ2v) is 4.34. The number of hydrogen-bond donors (Lipinski definition) is 2. The summed E-state index contributed by atoms with van der Waals surface area (Å²) in [5.41, 5.74) is 3.80. The number of carboxylic acid groups (broad SMARTS) is 1. The summed E-state index contributed by atoms with van der Waals surface area (Å²) in [5, 5.41) is 18.6. The Bertz CT molecular complexity index is 576. The molecule has 2 rings (SSSR count). The first-order valence-electron chi connectivity index (χ1n) is 7.63. The van der Waals surface area contributed by atoms with Crippen molar-refractivity contribution < 1.29 is 15.0 Å². The standard InChI is InChI=1S/C15H14O3.2C2H6/c1-9-7-13(8-10(2)14(9)16)11-3-5-12(6-4-11)15(17)18;2*1-2/h3-8,16H,1-2H3,(H,17,18);2*1-2H3. The Balaban J connectivity index is 0.00000102. The fourth-order valence-electron chi connectivity index (χ4n) is 1.93. The van der Waals surface area contributed by atoms with Crippen molar-refractivity contribution in [1.82, 2.24) is 0 Å². The van der Waals surface area contributed by atoms with Crippen molar-refractivity contribution >= 4 is 5.97 Å². The zero-order valence-electron chi connectivity index (χ0n) is 14.3. The zero-order chi connectivity index (χ0) is 17.3. The molecule has 0 bridgehead atoms. The quantitative estimate of drug-likeness (QED) is 0.778. The Morgan fingerprint density at radius 3 is 1.59 bits per heavy atom. The molecule has 2 aromatic rings. The van der Waals surface area contributed by atoms with Crippen LogP contribution in [0.1, 0.15) is 49.2 Å². The van der Waals surface area contributed by atoms with E-state index in [1.54, 1.807) is 24.3 Å². The largest absolute Gasteiger partial charge is 0.507 e. The molecule has 3 nitrogen and oxygen atoms in total. The number of aromatic hydroxyl groups is 1. The molecular formula is C19H26O3. The zero-order valence-corrected chi connectivity index (χ0v) is 14.3. The number of carboxylic acids is 1. The molecule has 3 heteroatoms. The van der Waals surface area contributed by atoms with Gasteiger partial charge < -0.3 is 10.2 Å². The van der Waals surface area contributed by atoms with Crippen LogP contribution in [0.4, 0.5) is 0 Å². The number of aryl methyl sites for hydroxylation is 2. The van der Waals surface area contributed by atoms with Gasteiger partial charge in [0.1, 0.15) is 5.75 Å². The highest BCUT2D eigenvalue weighted by Crippen LogP contribution is 2.29. The second kappa shape index (κ2) is 9.61. The number of rotatable bonds is 2. The van der Waals surface area contributed by atoms with Crippen molar-refractivity contribution in [3.05, 3.63) is 53.1 Å². The molecule has 120 valence electrons. The number of phenolic OH excluding ortho intramolecular Hbond substituents is 1. The molecule has 0 aliphatic carbocycles. The van der Waals surface area contributed by atoms with Crippen LogP contribution in [0.2, 0.25) is 0 Å². The lowest BCUT2D eigenvalue weighted by Gasteiger charge is -2.08. The first kappa shape index (κ1) is 19.7. The van der Waals surface area contributed by atoms with Crippen molar-refractivity contribution in [3.63, 3.8) is 0 Å². The number of benzene rings is 2. The van der Waals surface area contributed by atoms with Crippen LogP contribution in [0.25, 0.3) is 11.1 Å². The maximum absolute atomic E-state index is 10.8. The molecule has 0 unspecified atom stereocenters. The Hall–Kier alpha value is -2.29. The van der Waals surface area contributed by atoms with Crippen molar-refractivity contribution in [2.75, 3.05) is 0 Å². The number of aromatic carboxylic acids is 1. The highest BCUT2D eigenvalue weighted by atomic mass is 16.4. The highest BCUT2D eigenvalue weighted by Gasteiger charge is 2.06. The molecule has 0 radical (unpaired) electrons. The first-order chi connectivity index (χ1) is 10.5. The Morgan fingerprint density at radius 2 is 1.23 bits per heavy atom. The van der Waals surface area contributed by atoms with Crippen LogP contribution in [0.3, 0.4) is 0 Å². The highest BCUT2D eigenvalue weighted by molar-refractivity contribution is 5.88. The third kappa shape index (κ3) is 4.92. The lowest BCUT2D eigenvalue weighted by molar-refractivity contribution is 0.0697. The van der Waals surface area contributed by atoms with Crippen molar-refractivity contribution in [2.45, 2.75) is 41.5 Å². The van der Waals surface area contributed by atoms with Crippen LogP contribution in [-0.2, 0) is 0 Å². The minimum absolute atomic E-state index is 0.269. The van der Waals surface area contributed by atoms with Gasteiger partial charge in [-0.05, 0) is 60.4 Å². The van der Waals surface area contributed by atoms with Gasteiger partial charge in [-0.25, -0.2) is 4.79 Å². The fourth-order valence-corrected chi connectivity index (χ4v) is 1.93. The smallest absolute Gasteiger partial charge is 0.335 e. The summed E-state index contributed by atoms with van der Waals surface area (Å²) >= 11 is 0. The predicted molar refractivity (Wildman–Crippen MR) is 92.7 cm³/mol. The molecule has 0 aliphatic rings. The number of carbonyl (C=O) groups is 1. The molecule has 2 N–H and O–H groups in total. The summed E-state index contributed by atoms with van der Waals surface area (Å²) < 4.78 is 0. The lowest BCUT2D eigenvalue weighted by Crippen LogP contribution is -1.95. The van der Waals surface area contributed by atoms with Crippen molar-refractivity contribution in [3.8, 4) is 16.9 Å². The molecule has 0 spiro atoms. The van der Waals surface area contributed by atoms with Crippen LogP contribution in [0.15, 0.2) is 36.4 Å². The van der Waals surface area contributed by atoms with Crippen LogP contribution < -0.4 is 0 Å². The minimum atomic E-state index is -0.931. The molecular weight excluding hydrogens is 276 g/mol. The summed E-state index contributed by atoms with van der Waals surface area (Å²) in [5.74, 6) is -0.625. The molecule has 22 heavy (non-hydrogen) atoms. The molecule has 0 fully saturated rings. The average Bonchev–Trinajstić information content (AvgIpc) is 2.56. The molecule has 0 saturated carbocycles. The fraction of sp³-hybridized carbons (Fsp3) is 0.316. The van der Waals surface area contributed by atoms with E-state index in [2.05, 4.69) is 0 Å². The van der Waals surface area contributed by atoms with E-state index in [1.807, 2.05) is 53.7 Å². The molecule has 0 atom stereocenters. The van der Waals surface area contributed by atoms with Crippen molar-refractivity contribution in [1.29, 1.82) is 0 Å². The number of hydrogen-bond acceptors (Lipinski definition) is 2. The Labute approximate surface area is 133 Å². The Kier molecular flexibility index (Phi) is 8.61. The number of phenols is 1. The van der Waals surface area contributed by atoms with Gasteiger partial charge in [0, 0.05) is 0 Å². The summed E-state index contributed by atoms with van der Waals surface area (Å²) in [6, 6.07) is 10.5. The summed E-state index contributed by atoms with van der Waals surface area (Å²) in [6.45, 7) is 11.7. The lowest BCUT2D eigenvalue weighted by atomic mass is 9.99. The van der Waals surface area contributed by atoms with Gasteiger partial charge in [0.15, 0.2) is 0 Å². The average molecular weight is 302 g/mol. The van der Waals surface area contributed by atoms with Gasteiger partial charge in [-0.2, -0.15) is 0 Å². The predicted octanol–water partition coefficient (Wildman–Crippen LogP) is 5.43. The Morgan fingerprint density at radius 1 is 0.818 bits per heavy atom. The third-order valence-corrected chi connectivity index (χ3v) is 2.96. The van der Waals surface area contributed by atoms with E-state index in [0.29, 0.717) is 5.75 Å². The van der Waals surface area contributed by atoms with E-state index in [9.17, 15) is 9.90 Å². The van der Waals surface area contributed by atoms with Gasteiger partial charge in [-0.15, -0.1) is 0 Å². The molecule has 0 saturated heterocycles. The van der Waals surface area contributed by atoms with Gasteiger partial charge in [0.2, 0.25) is 0 Å². The molecule has 0 amide bonds. The summed E-state index contributed by atoms with van der Waals surface area (Å²) in [6.07, 6.45) is 0. The second-order valence-electron chi connectivity index (χ2n) is 4.34. The van der Waals surface area contributed by atoms with E-state index in [1.165, 1.54) is 0 Å². The first-order valence-corrected chi connectivity index (χ1v) is 7.63. The van der Waals surface area contributed by atoms with Crippen LogP contribution in [0, 0.1) is 13.8 Å². The van der Waals surface area contributed by atoms with E-state index >= 15 is 0 Å². The van der Waals surface area contributed by atoms with Gasteiger partial charge in [-0.1, -0.05) is 39.8 Å². The maximum atomic E-state index is 10.8. The van der Waals surface area contributed by atoms with E-state index in [-0.39, 0.29) is 5.56 Å². The third-order valence-electron chi connectivity index (χ3n) is 2.96. The van der Waals surface area contributed by atoms with Crippen molar-refractivity contribution in [2.24, 2.45) is 0 Å². The summed E-state index contributed by atoms with van der Waals surface area (Å²) in [7, 11) is 0. The molecule has 0 aromatic heterocycles. The molecule has 2 aromatic carbocycles. The van der Waals surface area contributed by atoms with Gasteiger partial charge >= 0.3 is 5.97 Å². The minimum Gasteiger partial charge on any atom is -0.507 e. The van der Waals surface area contributed by atoms with Gasteiger partial charge in [0.25, 0.3) is 0 Å². The SMILES string of the molecule is CC.CC.Cc1cc(-c2ccc(C(=O)O)cc2)cc(C)c1O. The van der Waals surface area contributed by atoms with Gasteiger partial charge in [0.05, 0.1) is 5.56 Å². The molecule has 0 aliphatic heterocycles. The van der Waals surface area contributed by atoms with E-state index < -0.39 is 5.97 Å².